The van der Waals surface area contributed by atoms with Gasteiger partial charge in [0.2, 0.25) is 11.7 Å². The van der Waals surface area contributed by atoms with Crippen LogP contribution in [-0.4, -0.2) is 63.6 Å². The molecule has 1 aliphatic carbocycles. The number of ether oxygens (including phenoxy) is 3. The van der Waals surface area contributed by atoms with E-state index < -0.39 is 30.1 Å². The van der Waals surface area contributed by atoms with Crippen LogP contribution in [0.1, 0.15) is 30.0 Å². The number of methoxy groups -OCH3 is 3. The minimum Gasteiger partial charge on any atom is -0.493 e. The van der Waals surface area contributed by atoms with Crippen LogP contribution >= 0.6 is 23.5 Å². The van der Waals surface area contributed by atoms with Gasteiger partial charge in [-0.25, -0.2) is 0 Å². The molecule has 2 amide bonds. The summed E-state index contributed by atoms with van der Waals surface area (Å²) in [5.74, 6) is -1.46. The molecule has 8 nitrogen and oxygen atoms in total. The number of amides is 2. The third-order valence-corrected chi connectivity index (χ3v) is 7.95. The van der Waals surface area contributed by atoms with Crippen molar-refractivity contribution in [2.45, 2.75) is 42.4 Å². The van der Waals surface area contributed by atoms with Crippen molar-refractivity contribution in [1.82, 2.24) is 10.6 Å². The number of alkyl halides is 3. The van der Waals surface area contributed by atoms with E-state index >= 15 is 0 Å². The summed E-state index contributed by atoms with van der Waals surface area (Å²) < 4.78 is 55.8. The zero-order valence-corrected chi connectivity index (χ0v) is 24.3. The first-order valence-electron chi connectivity index (χ1n) is 12.2. The summed E-state index contributed by atoms with van der Waals surface area (Å²) in [6.07, 6.45) is -0.919. The molecule has 0 saturated heterocycles. The number of rotatable bonds is 10. The molecule has 0 unspecified atom stereocenters. The van der Waals surface area contributed by atoms with E-state index in [1.807, 2.05) is 5.32 Å². The van der Waals surface area contributed by atoms with Crippen LogP contribution in [0.2, 0.25) is 0 Å². The summed E-state index contributed by atoms with van der Waals surface area (Å²) in [5, 5.41) is 4.62. The van der Waals surface area contributed by atoms with Gasteiger partial charge in [0, 0.05) is 5.56 Å². The Bertz CT molecular complexity index is 1320. The molecular formula is C27H31F3N2O6S2. The standard InChI is InChI=1S/C27H31F3N2O6S2/c1-36-20-12-14-6-8-17(31-25(34)18(10-11-39-4)32-26(35)27(28,29)30)16-13-19(33)21(40-5)9-7-15(16)22(14)24(38-3)23(20)37-2/h7,9,12-13,17-18H,6,8,10-11H2,1-5H3,(H,31,34)(H,32,35)/t17-,18+/m0/s1. The van der Waals surface area contributed by atoms with Gasteiger partial charge >= 0.3 is 12.1 Å². The number of hydrogen-bond acceptors (Lipinski definition) is 8. The predicted molar refractivity (Wildman–Crippen MR) is 150 cm³/mol. The van der Waals surface area contributed by atoms with Gasteiger partial charge in [-0.15, -0.1) is 11.8 Å². The van der Waals surface area contributed by atoms with E-state index in [0.717, 1.165) is 5.56 Å². The summed E-state index contributed by atoms with van der Waals surface area (Å²) in [5.41, 5.74) is 2.24. The Morgan fingerprint density at radius 2 is 1.77 bits per heavy atom. The van der Waals surface area contributed by atoms with Crippen molar-refractivity contribution >= 4 is 35.3 Å². The first-order valence-corrected chi connectivity index (χ1v) is 14.8. The molecule has 0 heterocycles. The second kappa shape index (κ2) is 13.5. The number of aryl methyl sites for hydroxylation is 1. The largest absolute Gasteiger partial charge is 0.493 e. The van der Waals surface area contributed by atoms with E-state index in [0.29, 0.717) is 57.4 Å². The number of fused-ring (bicyclic) bond motifs is 3. The average Bonchev–Trinajstić information content (AvgIpc) is 3.17. The minimum absolute atomic E-state index is 0.0111. The van der Waals surface area contributed by atoms with E-state index in [1.54, 1.807) is 30.7 Å². The molecule has 13 heteroatoms. The van der Waals surface area contributed by atoms with Crippen molar-refractivity contribution in [1.29, 1.82) is 0 Å². The molecule has 0 fully saturated rings. The Hall–Kier alpha value is -3.06. The van der Waals surface area contributed by atoms with Crippen LogP contribution in [0.3, 0.4) is 0 Å². The lowest BCUT2D eigenvalue weighted by Gasteiger charge is -2.24. The van der Waals surface area contributed by atoms with Crippen molar-refractivity contribution in [2.24, 2.45) is 0 Å². The highest BCUT2D eigenvalue weighted by Crippen LogP contribution is 2.50. The summed E-state index contributed by atoms with van der Waals surface area (Å²) in [4.78, 5) is 38.6. The van der Waals surface area contributed by atoms with Gasteiger partial charge in [0.15, 0.2) is 16.9 Å². The number of carbonyl (C=O) groups is 2. The number of benzene rings is 1. The topological polar surface area (TPSA) is 103 Å². The lowest BCUT2D eigenvalue weighted by Crippen LogP contribution is -2.51. The van der Waals surface area contributed by atoms with Crippen molar-refractivity contribution in [3.05, 3.63) is 45.6 Å². The monoisotopic (exact) mass is 600 g/mol. The highest BCUT2D eigenvalue weighted by molar-refractivity contribution is 7.98. The molecule has 40 heavy (non-hydrogen) atoms. The van der Waals surface area contributed by atoms with Crippen molar-refractivity contribution in [3.8, 4) is 28.4 Å². The number of thioether (sulfide) groups is 2. The highest BCUT2D eigenvalue weighted by Gasteiger charge is 2.41. The number of halogens is 3. The molecule has 0 bridgehead atoms. The van der Waals surface area contributed by atoms with Crippen molar-refractivity contribution < 1.29 is 37.0 Å². The summed E-state index contributed by atoms with van der Waals surface area (Å²) >= 11 is 2.60. The lowest BCUT2D eigenvalue weighted by molar-refractivity contribution is -0.174. The zero-order chi connectivity index (χ0) is 29.6. The van der Waals surface area contributed by atoms with Crippen molar-refractivity contribution in [3.63, 3.8) is 0 Å². The van der Waals surface area contributed by atoms with Gasteiger partial charge in [-0.3, -0.25) is 14.4 Å². The Balaban J connectivity index is 2.16. The molecule has 0 radical (unpaired) electrons. The Labute approximate surface area is 238 Å². The maximum absolute atomic E-state index is 13.3. The van der Waals surface area contributed by atoms with Crippen LogP contribution in [0.15, 0.2) is 34.0 Å². The summed E-state index contributed by atoms with van der Waals surface area (Å²) in [6, 6.07) is 4.50. The van der Waals surface area contributed by atoms with E-state index in [4.69, 9.17) is 14.2 Å². The smallest absolute Gasteiger partial charge is 0.471 e. The third kappa shape index (κ3) is 6.80. The van der Waals surface area contributed by atoms with Gasteiger partial charge in [0.1, 0.15) is 6.04 Å². The third-order valence-electron chi connectivity index (χ3n) is 6.53. The van der Waals surface area contributed by atoms with Gasteiger partial charge in [0.05, 0.1) is 32.3 Å². The molecular weight excluding hydrogens is 569 g/mol. The quantitative estimate of drug-likeness (QED) is 0.388. The van der Waals surface area contributed by atoms with Crippen LogP contribution in [0.5, 0.6) is 17.2 Å². The van der Waals surface area contributed by atoms with Gasteiger partial charge < -0.3 is 24.8 Å². The van der Waals surface area contributed by atoms with Crippen LogP contribution in [0, 0.1) is 0 Å². The molecule has 0 aromatic heterocycles. The van der Waals surface area contributed by atoms with Crippen LogP contribution < -0.4 is 30.3 Å². The van der Waals surface area contributed by atoms with Gasteiger partial charge in [-0.05, 0) is 72.4 Å². The van der Waals surface area contributed by atoms with Crippen LogP contribution in [-0.2, 0) is 16.0 Å². The normalized spacial score (nSPS) is 15.2. The number of hydrogen-bond donors (Lipinski definition) is 2. The second-order valence-electron chi connectivity index (χ2n) is 8.86. The van der Waals surface area contributed by atoms with Gasteiger partial charge in [0.25, 0.3) is 0 Å². The predicted octanol–water partition coefficient (Wildman–Crippen LogP) is 4.37. The first kappa shape index (κ1) is 31.5. The molecule has 218 valence electrons. The average molecular weight is 601 g/mol. The molecule has 0 spiro atoms. The van der Waals surface area contributed by atoms with E-state index in [2.05, 4.69) is 5.32 Å². The minimum atomic E-state index is -5.14. The molecule has 0 saturated carbocycles. The number of nitrogens with one attached hydrogen (secondary N) is 2. The lowest BCUT2D eigenvalue weighted by atomic mass is 9.95. The van der Waals surface area contributed by atoms with E-state index in [9.17, 15) is 27.6 Å². The second-order valence-corrected chi connectivity index (χ2v) is 10.7. The van der Waals surface area contributed by atoms with E-state index in [1.165, 1.54) is 50.9 Å². The Morgan fingerprint density at radius 1 is 1.07 bits per heavy atom. The van der Waals surface area contributed by atoms with Gasteiger partial charge in [-0.1, -0.05) is 6.07 Å². The maximum atomic E-state index is 13.3. The fourth-order valence-electron chi connectivity index (χ4n) is 4.63. The molecule has 2 aromatic carbocycles. The van der Waals surface area contributed by atoms with Crippen molar-refractivity contribution in [2.75, 3.05) is 39.6 Å². The molecule has 2 aromatic rings. The fourth-order valence-corrected chi connectivity index (χ4v) is 5.57. The summed E-state index contributed by atoms with van der Waals surface area (Å²) in [6.45, 7) is 0. The molecule has 3 rings (SSSR count). The molecule has 2 atom stereocenters. The highest BCUT2D eigenvalue weighted by atomic mass is 32.2. The summed E-state index contributed by atoms with van der Waals surface area (Å²) in [7, 11) is 4.45. The zero-order valence-electron chi connectivity index (χ0n) is 22.7. The SMILES string of the molecule is COc1cc2c(c(OC)c1OC)-c1ccc(SC)c(=O)cc1[C@@H](NC(=O)[C@@H](CCSC)NC(=O)C(F)(F)F)CC2. The maximum Gasteiger partial charge on any atom is 0.471 e. The Morgan fingerprint density at radius 3 is 2.35 bits per heavy atom. The fraction of sp³-hybridized carbons (Fsp3) is 0.444. The number of carbonyl (C=O) groups excluding carboxylic acids is 2. The first-order chi connectivity index (χ1) is 19.0. The van der Waals surface area contributed by atoms with Crippen LogP contribution in [0.25, 0.3) is 11.1 Å². The molecule has 0 aliphatic heterocycles. The molecule has 1 aliphatic rings. The Kier molecular flexibility index (Phi) is 10.6. The molecule has 2 N–H and O–H groups in total. The van der Waals surface area contributed by atoms with Gasteiger partial charge in [-0.2, -0.15) is 24.9 Å². The van der Waals surface area contributed by atoms with Crippen LogP contribution in [0.4, 0.5) is 13.2 Å². The van der Waals surface area contributed by atoms with E-state index in [-0.39, 0.29) is 11.8 Å².